The number of ether oxygens (including phenoxy) is 1. The van der Waals surface area contributed by atoms with Crippen LogP contribution in [0.3, 0.4) is 0 Å². The third-order valence-electron chi connectivity index (χ3n) is 5.11. The van der Waals surface area contributed by atoms with Crippen molar-refractivity contribution >= 4 is 17.7 Å². The lowest BCUT2D eigenvalue weighted by Gasteiger charge is -2.27. The van der Waals surface area contributed by atoms with Crippen molar-refractivity contribution in [3.63, 3.8) is 0 Å². The third kappa shape index (κ3) is 1.99. The molecule has 118 valence electrons. The molecule has 0 aromatic carbocycles. The van der Waals surface area contributed by atoms with E-state index in [1.54, 1.807) is 4.90 Å². The van der Waals surface area contributed by atoms with Gasteiger partial charge in [-0.2, -0.15) is 5.06 Å². The molecule has 4 atom stereocenters. The van der Waals surface area contributed by atoms with Gasteiger partial charge in [0.1, 0.15) is 0 Å². The van der Waals surface area contributed by atoms with Crippen molar-refractivity contribution in [1.82, 2.24) is 9.96 Å². The lowest BCUT2D eigenvalue weighted by Crippen LogP contribution is -2.44. The van der Waals surface area contributed by atoms with Crippen molar-refractivity contribution in [2.75, 3.05) is 32.9 Å². The van der Waals surface area contributed by atoms with Gasteiger partial charge in [-0.15, -0.1) is 0 Å². The predicted octanol–water partition coefficient (Wildman–Crippen LogP) is -0.416. The van der Waals surface area contributed by atoms with Crippen LogP contribution in [0, 0.1) is 23.7 Å². The van der Waals surface area contributed by atoms with Crippen LogP contribution in [0.4, 0.5) is 0 Å². The van der Waals surface area contributed by atoms with E-state index >= 15 is 0 Å². The van der Waals surface area contributed by atoms with Crippen LogP contribution in [0.2, 0.25) is 0 Å². The van der Waals surface area contributed by atoms with E-state index in [4.69, 9.17) is 9.57 Å². The first-order valence-electron chi connectivity index (χ1n) is 7.71. The highest BCUT2D eigenvalue weighted by atomic mass is 16.7. The van der Waals surface area contributed by atoms with E-state index in [-0.39, 0.29) is 48.0 Å². The van der Waals surface area contributed by atoms with E-state index in [9.17, 15) is 14.4 Å². The Morgan fingerprint density at radius 3 is 2.32 bits per heavy atom. The van der Waals surface area contributed by atoms with Crippen molar-refractivity contribution in [3.8, 4) is 0 Å². The lowest BCUT2D eigenvalue weighted by molar-refractivity contribution is -0.193. The zero-order chi connectivity index (χ0) is 15.3. The Morgan fingerprint density at radius 1 is 1.14 bits per heavy atom. The lowest BCUT2D eigenvalue weighted by atomic mass is 9.85. The summed E-state index contributed by atoms with van der Waals surface area (Å²) in [6.45, 7) is 1.77. The number of morpholine rings is 1. The normalized spacial score (nSPS) is 36.4. The molecule has 2 saturated heterocycles. The Morgan fingerprint density at radius 2 is 1.73 bits per heavy atom. The molecule has 0 unspecified atom stereocenters. The molecule has 0 aromatic heterocycles. The second kappa shape index (κ2) is 5.17. The van der Waals surface area contributed by atoms with Crippen molar-refractivity contribution < 1.29 is 24.0 Å². The highest BCUT2D eigenvalue weighted by Gasteiger charge is 2.60. The van der Waals surface area contributed by atoms with Gasteiger partial charge in [0.25, 0.3) is 17.7 Å². The summed E-state index contributed by atoms with van der Waals surface area (Å²) in [6, 6.07) is 0. The largest absolute Gasteiger partial charge is 0.378 e. The van der Waals surface area contributed by atoms with Crippen molar-refractivity contribution in [2.45, 2.75) is 6.42 Å². The Labute approximate surface area is 127 Å². The van der Waals surface area contributed by atoms with Crippen LogP contribution in [-0.4, -0.2) is 60.6 Å². The molecule has 22 heavy (non-hydrogen) atoms. The average molecular weight is 306 g/mol. The van der Waals surface area contributed by atoms with Gasteiger partial charge < -0.3 is 9.64 Å². The van der Waals surface area contributed by atoms with Gasteiger partial charge in [-0.05, 0) is 18.3 Å². The van der Waals surface area contributed by atoms with E-state index in [1.807, 2.05) is 12.2 Å². The molecule has 2 heterocycles. The summed E-state index contributed by atoms with van der Waals surface area (Å²) in [7, 11) is 0. The maximum absolute atomic E-state index is 12.4. The predicted molar refractivity (Wildman–Crippen MR) is 72.9 cm³/mol. The van der Waals surface area contributed by atoms with Gasteiger partial charge in [0.05, 0.1) is 25.0 Å². The van der Waals surface area contributed by atoms with E-state index in [1.165, 1.54) is 0 Å². The first-order valence-corrected chi connectivity index (χ1v) is 7.71. The molecule has 4 aliphatic rings. The summed E-state index contributed by atoms with van der Waals surface area (Å²) in [5.41, 5.74) is 0. The minimum atomic E-state index is -0.291. The molecule has 0 aromatic rings. The van der Waals surface area contributed by atoms with E-state index in [0.29, 0.717) is 26.3 Å². The van der Waals surface area contributed by atoms with Gasteiger partial charge in [0.15, 0.2) is 6.61 Å². The number of fused-ring (bicyclic) bond motifs is 5. The zero-order valence-electron chi connectivity index (χ0n) is 12.1. The molecular weight excluding hydrogens is 288 g/mol. The molecule has 2 aliphatic heterocycles. The van der Waals surface area contributed by atoms with Crippen molar-refractivity contribution in [2.24, 2.45) is 23.7 Å². The summed E-state index contributed by atoms with van der Waals surface area (Å²) in [5.74, 6) is -1.09. The summed E-state index contributed by atoms with van der Waals surface area (Å²) in [6.07, 6.45) is 4.94. The van der Waals surface area contributed by atoms with Crippen molar-refractivity contribution in [3.05, 3.63) is 12.2 Å². The van der Waals surface area contributed by atoms with Gasteiger partial charge in [-0.1, -0.05) is 12.2 Å². The third-order valence-corrected chi connectivity index (χ3v) is 5.11. The van der Waals surface area contributed by atoms with Gasteiger partial charge in [0.2, 0.25) is 0 Å². The summed E-state index contributed by atoms with van der Waals surface area (Å²) in [4.78, 5) is 43.7. The highest BCUT2D eigenvalue weighted by Crippen LogP contribution is 2.52. The molecule has 0 spiro atoms. The number of hydrogen-bond acceptors (Lipinski definition) is 5. The number of carbonyl (C=O) groups is 3. The molecule has 2 bridgehead atoms. The molecule has 3 amide bonds. The van der Waals surface area contributed by atoms with E-state index in [2.05, 4.69) is 0 Å². The zero-order valence-corrected chi connectivity index (χ0v) is 12.1. The molecule has 7 nitrogen and oxygen atoms in total. The van der Waals surface area contributed by atoms with Crippen LogP contribution in [0.15, 0.2) is 12.2 Å². The molecule has 2 aliphatic carbocycles. The number of imide groups is 1. The second-order valence-corrected chi connectivity index (χ2v) is 6.24. The summed E-state index contributed by atoms with van der Waals surface area (Å²) in [5, 5.41) is 0.833. The molecule has 1 saturated carbocycles. The minimum absolute atomic E-state index is 0.148. The fourth-order valence-electron chi connectivity index (χ4n) is 4.03. The van der Waals surface area contributed by atoms with Crippen LogP contribution >= 0.6 is 0 Å². The number of nitrogens with zero attached hydrogens (tertiary/aromatic N) is 2. The van der Waals surface area contributed by atoms with Crippen LogP contribution in [0.25, 0.3) is 0 Å². The fraction of sp³-hybridized carbons (Fsp3) is 0.667. The second-order valence-electron chi connectivity index (χ2n) is 6.24. The van der Waals surface area contributed by atoms with Crippen molar-refractivity contribution in [1.29, 1.82) is 0 Å². The Hall–Kier alpha value is -1.73. The number of hydroxylamine groups is 2. The topological polar surface area (TPSA) is 76.2 Å². The smallest absolute Gasteiger partial charge is 0.258 e. The average Bonchev–Trinajstić information content (AvgIpc) is 3.21. The number of rotatable bonds is 3. The van der Waals surface area contributed by atoms with E-state index in [0.717, 1.165) is 11.5 Å². The van der Waals surface area contributed by atoms with Gasteiger partial charge in [-0.25, -0.2) is 0 Å². The molecule has 0 N–H and O–H groups in total. The first kappa shape index (κ1) is 13.9. The minimum Gasteiger partial charge on any atom is -0.378 e. The van der Waals surface area contributed by atoms with Gasteiger partial charge >= 0.3 is 0 Å². The Bertz CT molecular complexity index is 524. The molecule has 7 heteroatoms. The van der Waals surface area contributed by atoms with Crippen LogP contribution < -0.4 is 0 Å². The quantitative estimate of drug-likeness (QED) is 0.523. The molecule has 3 fully saturated rings. The SMILES string of the molecule is O=C(CON1C(=O)[C@H]2[C@H](C1=O)[C@H]1C=C[C@H]2C1)N1CCOCC1. The van der Waals surface area contributed by atoms with Crippen LogP contribution in [0.5, 0.6) is 0 Å². The standard InChI is InChI=1S/C15H18N2O5/c18-11(16-3-5-21-6-4-16)8-22-17-14(19)12-9-1-2-10(7-9)13(12)15(17)20/h1-2,9-10,12-13H,3-8H2/t9-,10-,12+,13+/m0/s1. The number of amides is 3. The number of carbonyl (C=O) groups excluding carboxylic acids is 3. The molecule has 0 radical (unpaired) electrons. The van der Waals surface area contributed by atoms with E-state index < -0.39 is 0 Å². The van der Waals surface area contributed by atoms with Gasteiger partial charge in [0, 0.05) is 13.1 Å². The summed E-state index contributed by atoms with van der Waals surface area (Å²) < 4.78 is 5.18. The number of allylic oxidation sites excluding steroid dienone is 2. The van der Waals surface area contributed by atoms with Crippen LogP contribution in [-0.2, 0) is 24.0 Å². The molecular formula is C15H18N2O5. The highest BCUT2D eigenvalue weighted by molar-refractivity contribution is 6.05. The summed E-state index contributed by atoms with van der Waals surface area (Å²) >= 11 is 0. The fourth-order valence-corrected chi connectivity index (χ4v) is 4.03. The maximum Gasteiger partial charge on any atom is 0.258 e. The van der Waals surface area contributed by atoms with Crippen LogP contribution in [0.1, 0.15) is 6.42 Å². The first-order chi connectivity index (χ1) is 10.7. The maximum atomic E-state index is 12.4. The molecule has 4 rings (SSSR count). The number of hydrogen-bond donors (Lipinski definition) is 0. The Kier molecular flexibility index (Phi) is 3.27. The Balaban J connectivity index is 1.39. The van der Waals surface area contributed by atoms with Gasteiger partial charge in [-0.3, -0.25) is 19.2 Å². The monoisotopic (exact) mass is 306 g/mol.